The topological polar surface area (TPSA) is 86.7 Å². The highest BCUT2D eigenvalue weighted by Crippen LogP contribution is 2.31. The third-order valence-corrected chi connectivity index (χ3v) is 5.55. The maximum Gasteiger partial charge on any atom is 0.250 e. The second kappa shape index (κ2) is 7.53. The Bertz CT molecular complexity index is 1140. The lowest BCUT2D eigenvalue weighted by Gasteiger charge is -2.11. The first kappa shape index (κ1) is 18.3. The highest BCUT2D eigenvalue weighted by atomic mass is 35.5. The number of benzene rings is 1. The molecule has 0 radical (unpaired) electrons. The van der Waals surface area contributed by atoms with Crippen LogP contribution in [0.4, 0.5) is 0 Å². The van der Waals surface area contributed by atoms with Crippen LogP contribution in [0.1, 0.15) is 21.6 Å². The molecule has 0 atom stereocenters. The molecular weight excluding hydrogens is 394 g/mol. The summed E-state index contributed by atoms with van der Waals surface area (Å²) >= 11 is 7.47. The van der Waals surface area contributed by atoms with Gasteiger partial charge >= 0.3 is 0 Å². The molecule has 0 fully saturated rings. The minimum atomic E-state index is -0.460. The Morgan fingerprint density at radius 3 is 2.68 bits per heavy atom. The quantitative estimate of drug-likeness (QED) is 0.535. The van der Waals surface area contributed by atoms with Gasteiger partial charge in [-0.1, -0.05) is 23.7 Å². The highest BCUT2D eigenvalue weighted by Gasteiger charge is 2.19. The average Bonchev–Trinajstić information content (AvgIpc) is 3.30. The van der Waals surface area contributed by atoms with E-state index in [1.807, 2.05) is 41.1 Å². The van der Waals surface area contributed by atoms with Crippen LogP contribution < -0.4 is 5.73 Å². The van der Waals surface area contributed by atoms with E-state index in [9.17, 15) is 4.79 Å². The van der Waals surface area contributed by atoms with Crippen LogP contribution in [0, 0.1) is 6.92 Å². The van der Waals surface area contributed by atoms with Crippen molar-refractivity contribution in [1.29, 1.82) is 0 Å². The van der Waals surface area contributed by atoms with E-state index in [-0.39, 0.29) is 0 Å². The molecule has 2 N–H and O–H groups in total. The molecule has 3 aromatic heterocycles. The molecule has 0 bridgehead atoms. The molecule has 1 aromatic carbocycles. The van der Waals surface area contributed by atoms with Crippen LogP contribution in [0.25, 0.3) is 22.1 Å². The molecule has 0 saturated carbocycles. The van der Waals surface area contributed by atoms with Crippen LogP contribution in [0.3, 0.4) is 0 Å². The maximum atomic E-state index is 11.9. The zero-order chi connectivity index (χ0) is 19.7. The lowest BCUT2D eigenvalue weighted by atomic mass is 10.2. The Balaban J connectivity index is 1.78. The van der Waals surface area contributed by atoms with Gasteiger partial charge in [-0.25, -0.2) is 4.98 Å². The molecular formula is C20H16ClN5OS. The monoisotopic (exact) mass is 409 g/mol. The highest BCUT2D eigenvalue weighted by molar-refractivity contribution is 7.13. The molecule has 0 aliphatic carbocycles. The summed E-state index contributed by atoms with van der Waals surface area (Å²) in [6, 6.07) is 9.41. The van der Waals surface area contributed by atoms with Gasteiger partial charge in [0.25, 0.3) is 5.91 Å². The molecule has 4 aromatic rings. The van der Waals surface area contributed by atoms with Gasteiger partial charge in [-0.2, -0.15) is 0 Å². The summed E-state index contributed by atoms with van der Waals surface area (Å²) in [7, 11) is 0. The number of rotatable bonds is 5. The van der Waals surface area contributed by atoms with E-state index < -0.39 is 5.91 Å². The van der Waals surface area contributed by atoms with Crippen LogP contribution in [-0.2, 0) is 6.54 Å². The van der Waals surface area contributed by atoms with Crippen molar-refractivity contribution >= 4 is 28.8 Å². The molecule has 0 unspecified atom stereocenters. The van der Waals surface area contributed by atoms with Crippen molar-refractivity contribution in [3.05, 3.63) is 76.1 Å². The van der Waals surface area contributed by atoms with Crippen molar-refractivity contribution in [2.75, 3.05) is 0 Å². The Kier molecular flexibility index (Phi) is 4.93. The van der Waals surface area contributed by atoms with Gasteiger partial charge in [-0.15, -0.1) is 11.3 Å². The molecule has 1 amide bonds. The maximum absolute atomic E-state index is 11.9. The number of hydrogen-bond donors (Lipinski definition) is 1. The number of halogens is 1. The number of carbonyl (C=O) groups is 1. The van der Waals surface area contributed by atoms with Gasteiger partial charge in [-0.05, 0) is 30.7 Å². The molecule has 0 aliphatic heterocycles. The lowest BCUT2D eigenvalue weighted by Crippen LogP contribution is -2.12. The van der Waals surface area contributed by atoms with Gasteiger partial charge in [0.05, 0.1) is 23.1 Å². The second-order valence-electron chi connectivity index (χ2n) is 6.23. The SMILES string of the molecule is Cc1c(C(N)=O)cc(-c2csc(-c3cnccn3)n2)n1Cc1ccc(Cl)cc1. The average molecular weight is 410 g/mol. The van der Waals surface area contributed by atoms with Gasteiger partial charge in [-0.3, -0.25) is 14.8 Å². The first-order valence-electron chi connectivity index (χ1n) is 8.49. The molecule has 0 saturated heterocycles. The third kappa shape index (κ3) is 3.54. The summed E-state index contributed by atoms with van der Waals surface area (Å²) in [6.07, 6.45) is 4.93. The van der Waals surface area contributed by atoms with Crippen LogP contribution in [0.15, 0.2) is 54.3 Å². The number of aromatic nitrogens is 4. The smallest absolute Gasteiger partial charge is 0.250 e. The molecule has 8 heteroatoms. The lowest BCUT2D eigenvalue weighted by molar-refractivity contribution is 0.0999. The van der Waals surface area contributed by atoms with Crippen molar-refractivity contribution in [2.45, 2.75) is 13.5 Å². The summed E-state index contributed by atoms with van der Waals surface area (Å²) in [5.74, 6) is -0.460. The van der Waals surface area contributed by atoms with Crippen molar-refractivity contribution in [2.24, 2.45) is 5.73 Å². The predicted octanol–water partition coefficient (Wildman–Crippen LogP) is 4.18. The van der Waals surface area contributed by atoms with Gasteiger partial charge in [0.15, 0.2) is 0 Å². The van der Waals surface area contributed by atoms with Gasteiger partial charge in [0, 0.05) is 35.0 Å². The number of hydrogen-bond acceptors (Lipinski definition) is 5. The summed E-state index contributed by atoms with van der Waals surface area (Å²) in [5.41, 5.74) is 10.2. The fraction of sp³-hybridized carbons (Fsp3) is 0.100. The number of carbonyl (C=O) groups excluding carboxylic acids is 1. The largest absolute Gasteiger partial charge is 0.366 e. The van der Waals surface area contributed by atoms with Crippen LogP contribution in [-0.4, -0.2) is 25.4 Å². The first-order chi connectivity index (χ1) is 13.5. The van der Waals surface area contributed by atoms with E-state index >= 15 is 0 Å². The number of nitrogens with two attached hydrogens (primary N) is 1. The molecule has 4 rings (SSSR count). The van der Waals surface area contributed by atoms with Crippen LogP contribution in [0.5, 0.6) is 0 Å². The second-order valence-corrected chi connectivity index (χ2v) is 7.53. The molecule has 28 heavy (non-hydrogen) atoms. The van der Waals surface area contributed by atoms with Gasteiger partial charge < -0.3 is 10.3 Å². The van der Waals surface area contributed by atoms with E-state index in [0.29, 0.717) is 22.8 Å². The van der Waals surface area contributed by atoms with E-state index in [0.717, 1.165) is 27.7 Å². The zero-order valence-corrected chi connectivity index (χ0v) is 16.5. The predicted molar refractivity (Wildman–Crippen MR) is 110 cm³/mol. The van der Waals surface area contributed by atoms with Crippen molar-refractivity contribution < 1.29 is 4.79 Å². The zero-order valence-electron chi connectivity index (χ0n) is 15.0. The van der Waals surface area contributed by atoms with E-state index in [2.05, 4.69) is 9.97 Å². The summed E-state index contributed by atoms with van der Waals surface area (Å²) in [6.45, 7) is 2.46. The third-order valence-electron chi connectivity index (χ3n) is 4.43. The molecule has 0 spiro atoms. The van der Waals surface area contributed by atoms with E-state index in [1.54, 1.807) is 24.7 Å². The van der Waals surface area contributed by atoms with Crippen molar-refractivity contribution in [1.82, 2.24) is 19.5 Å². The Labute approximate surface area is 170 Å². The van der Waals surface area contributed by atoms with Crippen LogP contribution in [0.2, 0.25) is 5.02 Å². The minimum Gasteiger partial charge on any atom is -0.366 e. The minimum absolute atomic E-state index is 0.460. The summed E-state index contributed by atoms with van der Waals surface area (Å²) < 4.78 is 2.04. The fourth-order valence-electron chi connectivity index (χ4n) is 3.00. The molecule has 0 aliphatic rings. The van der Waals surface area contributed by atoms with E-state index in [4.69, 9.17) is 22.3 Å². The molecule has 140 valence electrons. The number of thiazole rings is 1. The molecule has 3 heterocycles. The van der Waals surface area contributed by atoms with Gasteiger partial charge in [0.1, 0.15) is 10.7 Å². The Morgan fingerprint density at radius 2 is 2.00 bits per heavy atom. The number of nitrogens with zero attached hydrogens (tertiary/aromatic N) is 4. The standard InChI is InChI=1S/C20H16ClN5OS/c1-12-15(19(22)27)8-18(26(12)10-13-2-4-14(21)5-3-13)17-11-28-20(25-17)16-9-23-6-7-24-16/h2-9,11H,10H2,1H3,(H2,22,27). The van der Waals surface area contributed by atoms with E-state index in [1.165, 1.54) is 11.3 Å². The van der Waals surface area contributed by atoms with Crippen molar-refractivity contribution in [3.8, 4) is 22.1 Å². The summed E-state index contributed by atoms with van der Waals surface area (Å²) in [5, 5.41) is 3.39. The number of primary amides is 1. The van der Waals surface area contributed by atoms with Crippen LogP contribution >= 0.6 is 22.9 Å². The van der Waals surface area contributed by atoms with Crippen molar-refractivity contribution in [3.63, 3.8) is 0 Å². The Morgan fingerprint density at radius 1 is 1.21 bits per heavy atom. The molecule has 6 nitrogen and oxygen atoms in total. The number of amides is 1. The summed E-state index contributed by atoms with van der Waals surface area (Å²) in [4.78, 5) is 25.0. The normalized spacial score (nSPS) is 10.9. The van der Waals surface area contributed by atoms with Gasteiger partial charge in [0.2, 0.25) is 0 Å². The first-order valence-corrected chi connectivity index (χ1v) is 9.75. The Hall–Kier alpha value is -3.03. The fourth-order valence-corrected chi connectivity index (χ4v) is 3.90.